The quantitative estimate of drug-likeness (QED) is 0.607. The number of piperidine rings is 1. The summed E-state index contributed by atoms with van der Waals surface area (Å²) in [6.07, 6.45) is 2.50. The lowest BCUT2D eigenvalue weighted by Gasteiger charge is -2.43. The molecule has 0 aliphatic carbocycles. The number of likely N-dealkylation sites (tertiary alicyclic amines) is 1. The number of ether oxygens (including phenoxy) is 1. The van der Waals surface area contributed by atoms with Gasteiger partial charge in [-0.15, -0.1) is 0 Å². The number of urea groups is 1. The van der Waals surface area contributed by atoms with Crippen LogP contribution >= 0.6 is 11.6 Å². The van der Waals surface area contributed by atoms with Gasteiger partial charge in [-0.3, -0.25) is 4.79 Å². The molecular weight excluding hydrogens is 447 g/mol. The molecule has 178 valence electrons. The molecule has 33 heavy (non-hydrogen) atoms. The molecule has 3 rings (SSSR count). The summed E-state index contributed by atoms with van der Waals surface area (Å²) in [4.78, 5) is 28.0. The van der Waals surface area contributed by atoms with Crippen LogP contribution in [0.1, 0.15) is 18.4 Å². The van der Waals surface area contributed by atoms with Crippen molar-refractivity contribution in [3.8, 4) is 5.75 Å². The molecular formula is C24H30ClFN4O3. The van der Waals surface area contributed by atoms with Gasteiger partial charge >= 0.3 is 6.03 Å². The van der Waals surface area contributed by atoms with Crippen LogP contribution in [0.15, 0.2) is 42.5 Å². The Bertz CT molecular complexity index is 976. The van der Waals surface area contributed by atoms with Crippen LogP contribution < -0.4 is 15.8 Å². The molecule has 1 saturated heterocycles. The van der Waals surface area contributed by atoms with E-state index in [1.807, 2.05) is 26.2 Å². The number of rotatable bonds is 8. The zero-order chi connectivity index (χ0) is 24.0. The zero-order valence-electron chi connectivity index (χ0n) is 18.9. The van der Waals surface area contributed by atoms with Crippen molar-refractivity contribution in [2.24, 2.45) is 11.1 Å². The summed E-state index contributed by atoms with van der Waals surface area (Å²) < 4.78 is 19.0. The Morgan fingerprint density at radius 3 is 2.45 bits per heavy atom. The van der Waals surface area contributed by atoms with E-state index in [1.165, 1.54) is 18.2 Å². The number of halogens is 2. The number of benzene rings is 2. The van der Waals surface area contributed by atoms with Crippen LogP contribution in [-0.2, 0) is 11.2 Å². The predicted molar refractivity (Wildman–Crippen MR) is 127 cm³/mol. The van der Waals surface area contributed by atoms with Gasteiger partial charge in [-0.05, 0) is 74.7 Å². The van der Waals surface area contributed by atoms with E-state index >= 15 is 0 Å². The molecule has 0 atom stereocenters. The van der Waals surface area contributed by atoms with E-state index in [0.717, 1.165) is 31.4 Å². The first-order valence-electron chi connectivity index (χ1n) is 10.8. The van der Waals surface area contributed by atoms with Crippen molar-refractivity contribution >= 4 is 29.2 Å². The van der Waals surface area contributed by atoms with Crippen LogP contribution in [0.3, 0.4) is 0 Å². The first kappa shape index (κ1) is 24.8. The first-order chi connectivity index (χ1) is 15.7. The summed E-state index contributed by atoms with van der Waals surface area (Å²) in [5, 5.41) is 2.86. The second-order valence-corrected chi connectivity index (χ2v) is 9.28. The highest BCUT2D eigenvalue weighted by Gasteiger charge is 2.36. The highest BCUT2D eigenvalue weighted by atomic mass is 35.5. The number of nitrogens with two attached hydrogens (primary N) is 1. The van der Waals surface area contributed by atoms with Gasteiger partial charge in [0.15, 0.2) is 6.61 Å². The SMILES string of the molecule is CN(C)CC1(Cc2ccc(F)cc2)CCN(C(=O)COc2ccc(Cl)cc2NC(N)=O)CC1. The molecule has 0 bridgehead atoms. The van der Waals surface area contributed by atoms with Crippen molar-refractivity contribution < 1.29 is 18.7 Å². The smallest absolute Gasteiger partial charge is 0.316 e. The Morgan fingerprint density at radius 1 is 1.18 bits per heavy atom. The van der Waals surface area contributed by atoms with E-state index in [9.17, 15) is 14.0 Å². The largest absolute Gasteiger partial charge is 0.482 e. The summed E-state index contributed by atoms with van der Waals surface area (Å²) in [6.45, 7) is 1.96. The lowest BCUT2D eigenvalue weighted by Crippen LogP contribution is -2.49. The van der Waals surface area contributed by atoms with E-state index in [1.54, 1.807) is 17.0 Å². The number of primary amides is 1. The van der Waals surface area contributed by atoms with Crippen LogP contribution in [0.5, 0.6) is 5.75 Å². The molecule has 3 N–H and O–H groups in total. The van der Waals surface area contributed by atoms with E-state index in [2.05, 4.69) is 10.2 Å². The maximum Gasteiger partial charge on any atom is 0.316 e. The molecule has 1 heterocycles. The fourth-order valence-electron chi connectivity index (χ4n) is 4.42. The first-order valence-corrected chi connectivity index (χ1v) is 11.2. The van der Waals surface area contributed by atoms with Gasteiger partial charge in [0.25, 0.3) is 5.91 Å². The van der Waals surface area contributed by atoms with E-state index in [0.29, 0.717) is 29.5 Å². The maximum atomic E-state index is 13.3. The normalized spacial score (nSPS) is 15.4. The van der Waals surface area contributed by atoms with Crippen molar-refractivity contribution in [1.29, 1.82) is 0 Å². The number of nitrogens with zero attached hydrogens (tertiary/aromatic N) is 2. The van der Waals surface area contributed by atoms with Crippen molar-refractivity contribution in [3.63, 3.8) is 0 Å². The van der Waals surface area contributed by atoms with Gasteiger partial charge < -0.3 is 25.6 Å². The van der Waals surface area contributed by atoms with Gasteiger partial charge in [-0.2, -0.15) is 0 Å². The molecule has 1 aliphatic heterocycles. The topological polar surface area (TPSA) is 87.9 Å². The lowest BCUT2D eigenvalue weighted by molar-refractivity contribution is -0.135. The molecule has 2 aromatic carbocycles. The summed E-state index contributed by atoms with van der Waals surface area (Å²) >= 11 is 5.97. The van der Waals surface area contributed by atoms with Crippen LogP contribution in [-0.4, -0.2) is 62.1 Å². The van der Waals surface area contributed by atoms with Gasteiger partial charge in [0, 0.05) is 24.7 Å². The van der Waals surface area contributed by atoms with Gasteiger partial charge in [0.1, 0.15) is 11.6 Å². The Kier molecular flexibility index (Phi) is 8.15. The van der Waals surface area contributed by atoms with Gasteiger partial charge in [-0.25, -0.2) is 9.18 Å². The fraction of sp³-hybridized carbons (Fsp3) is 0.417. The molecule has 2 aromatic rings. The molecule has 0 aromatic heterocycles. The number of carbonyl (C=O) groups is 2. The van der Waals surface area contributed by atoms with Gasteiger partial charge in [0.2, 0.25) is 0 Å². The monoisotopic (exact) mass is 476 g/mol. The molecule has 9 heteroatoms. The van der Waals surface area contributed by atoms with Crippen molar-refractivity contribution in [1.82, 2.24) is 9.80 Å². The molecule has 0 saturated carbocycles. The predicted octanol–water partition coefficient (Wildman–Crippen LogP) is 3.76. The van der Waals surface area contributed by atoms with E-state index in [-0.39, 0.29) is 23.7 Å². The van der Waals surface area contributed by atoms with Crippen LogP contribution in [0.2, 0.25) is 5.02 Å². The zero-order valence-corrected chi connectivity index (χ0v) is 19.7. The lowest BCUT2D eigenvalue weighted by atomic mass is 9.73. The average Bonchev–Trinajstić information content (AvgIpc) is 2.74. The third-order valence-corrected chi connectivity index (χ3v) is 6.11. The fourth-order valence-corrected chi connectivity index (χ4v) is 4.59. The number of carbonyl (C=O) groups excluding carboxylic acids is 2. The van der Waals surface area contributed by atoms with Crippen molar-refractivity contribution in [2.75, 3.05) is 45.7 Å². The number of anilines is 1. The summed E-state index contributed by atoms with van der Waals surface area (Å²) in [7, 11) is 4.09. The van der Waals surface area contributed by atoms with Crippen molar-refractivity contribution in [3.05, 3.63) is 58.9 Å². The third-order valence-electron chi connectivity index (χ3n) is 5.87. The Hall–Kier alpha value is -2.84. The van der Waals surface area contributed by atoms with Crippen LogP contribution in [0.4, 0.5) is 14.9 Å². The maximum absolute atomic E-state index is 13.3. The minimum Gasteiger partial charge on any atom is -0.482 e. The Morgan fingerprint density at radius 2 is 1.85 bits per heavy atom. The highest BCUT2D eigenvalue weighted by molar-refractivity contribution is 6.31. The number of amides is 3. The van der Waals surface area contributed by atoms with E-state index < -0.39 is 6.03 Å². The number of hydrogen-bond acceptors (Lipinski definition) is 4. The molecule has 1 aliphatic rings. The van der Waals surface area contributed by atoms with Crippen LogP contribution in [0.25, 0.3) is 0 Å². The Balaban J connectivity index is 1.61. The molecule has 0 radical (unpaired) electrons. The molecule has 0 unspecified atom stereocenters. The Labute approximate surface area is 198 Å². The van der Waals surface area contributed by atoms with E-state index in [4.69, 9.17) is 22.1 Å². The minimum atomic E-state index is -0.747. The molecule has 1 fully saturated rings. The summed E-state index contributed by atoms with van der Waals surface area (Å²) in [6, 6.07) is 10.6. The molecule has 7 nitrogen and oxygen atoms in total. The number of nitrogens with one attached hydrogen (secondary N) is 1. The average molecular weight is 477 g/mol. The minimum absolute atomic E-state index is 0.00766. The summed E-state index contributed by atoms with van der Waals surface area (Å²) in [5.41, 5.74) is 6.61. The second-order valence-electron chi connectivity index (χ2n) is 8.84. The molecule has 0 spiro atoms. The van der Waals surface area contributed by atoms with Gasteiger partial charge in [0.05, 0.1) is 5.69 Å². The number of hydrogen-bond donors (Lipinski definition) is 2. The highest BCUT2D eigenvalue weighted by Crippen LogP contribution is 2.36. The summed E-state index contributed by atoms with van der Waals surface area (Å²) in [5.74, 6) is -0.0484. The van der Waals surface area contributed by atoms with Crippen molar-refractivity contribution in [2.45, 2.75) is 19.3 Å². The third kappa shape index (κ3) is 7.07. The second kappa shape index (κ2) is 10.9. The van der Waals surface area contributed by atoms with Gasteiger partial charge in [-0.1, -0.05) is 23.7 Å². The standard InChI is InChI=1S/C24H30ClFN4O3/c1-29(2)16-24(14-17-3-6-19(26)7-4-17)9-11-30(12-10-24)22(31)15-33-21-8-5-18(25)13-20(21)28-23(27)32/h3-8,13H,9-12,14-16H2,1-2H3,(H3,27,28,32). The molecule has 3 amide bonds. The van der Waals surface area contributed by atoms with Crippen LogP contribution in [0, 0.1) is 11.2 Å².